The molecule has 0 amide bonds. The van der Waals surface area contributed by atoms with Crippen LogP contribution in [-0.2, 0) is 28.1 Å². The minimum absolute atomic E-state index is 0.173. The summed E-state index contributed by atoms with van der Waals surface area (Å²) in [7, 11) is -4.26. The number of nitrogens with one attached hydrogen (secondary N) is 1. The molecule has 1 aromatic heterocycles. The zero-order valence-electron chi connectivity index (χ0n) is 18.7. The second-order valence-electron chi connectivity index (χ2n) is 8.73. The van der Waals surface area contributed by atoms with Crippen molar-refractivity contribution in [2.75, 3.05) is 5.32 Å². The molecule has 0 aliphatic heterocycles. The summed E-state index contributed by atoms with van der Waals surface area (Å²) in [5, 5.41) is 11.6. The Bertz CT molecular complexity index is 1490. The summed E-state index contributed by atoms with van der Waals surface area (Å²) < 4.78 is 76.3. The molecule has 11 heteroatoms. The lowest BCUT2D eigenvalue weighted by Crippen LogP contribution is -2.11. The molecule has 4 aromatic rings. The normalized spacial score (nSPS) is 15.0. The first-order chi connectivity index (χ1) is 17.0. The summed E-state index contributed by atoms with van der Waals surface area (Å²) >= 11 is 0. The highest BCUT2D eigenvalue weighted by Gasteiger charge is 2.49. The fraction of sp³-hybridized carbons (Fsp3) is 0.200. The van der Waals surface area contributed by atoms with Gasteiger partial charge in [-0.15, -0.1) is 10.2 Å². The van der Waals surface area contributed by atoms with Crippen LogP contribution in [0.3, 0.4) is 0 Å². The van der Waals surface area contributed by atoms with Gasteiger partial charge in [-0.1, -0.05) is 24.3 Å². The molecule has 1 saturated carbocycles. The second-order valence-corrected chi connectivity index (χ2v) is 10.2. The van der Waals surface area contributed by atoms with E-state index in [0.717, 1.165) is 30.5 Å². The topological polar surface area (TPSA) is 105 Å². The van der Waals surface area contributed by atoms with Crippen molar-refractivity contribution >= 4 is 21.5 Å². The molecular weight excluding hydrogens is 495 g/mol. The number of nitrogens with zero attached hydrogens (tertiary/aromatic N) is 2. The molecule has 5 rings (SSSR count). The Kier molecular flexibility index (Phi) is 5.84. The van der Waals surface area contributed by atoms with Gasteiger partial charge < -0.3 is 9.73 Å². The predicted molar refractivity (Wildman–Crippen MR) is 125 cm³/mol. The van der Waals surface area contributed by atoms with Crippen LogP contribution < -0.4 is 5.32 Å². The van der Waals surface area contributed by atoms with E-state index in [9.17, 15) is 21.6 Å². The number of benzene rings is 3. The van der Waals surface area contributed by atoms with Crippen molar-refractivity contribution in [2.45, 2.75) is 35.7 Å². The molecule has 0 atom stereocenters. The molecule has 0 radical (unpaired) electrons. The third kappa shape index (κ3) is 4.98. The van der Waals surface area contributed by atoms with E-state index in [-0.39, 0.29) is 16.2 Å². The van der Waals surface area contributed by atoms with Crippen molar-refractivity contribution in [1.29, 1.82) is 0 Å². The summed E-state index contributed by atoms with van der Waals surface area (Å²) in [6.45, 7) is 0. The molecule has 1 aliphatic rings. The van der Waals surface area contributed by atoms with Gasteiger partial charge in [0.1, 0.15) is 0 Å². The van der Waals surface area contributed by atoms with E-state index in [1.54, 1.807) is 36.4 Å². The maximum absolute atomic E-state index is 12.9. The van der Waals surface area contributed by atoms with Crippen LogP contribution in [0.2, 0.25) is 0 Å². The molecular formula is C25H20F3N3O4S. The van der Waals surface area contributed by atoms with Crippen LogP contribution in [0.4, 0.5) is 24.5 Å². The van der Waals surface area contributed by atoms with E-state index in [0.29, 0.717) is 29.2 Å². The van der Waals surface area contributed by atoms with Crippen LogP contribution in [0.25, 0.3) is 11.5 Å². The number of alkyl halides is 3. The average molecular weight is 516 g/mol. The van der Waals surface area contributed by atoms with Gasteiger partial charge >= 0.3 is 6.18 Å². The predicted octanol–water partition coefficient (Wildman–Crippen LogP) is 6.02. The van der Waals surface area contributed by atoms with Gasteiger partial charge in [0.15, 0.2) is 0 Å². The van der Waals surface area contributed by atoms with Gasteiger partial charge in [0.25, 0.3) is 10.1 Å². The van der Waals surface area contributed by atoms with Crippen LogP contribution in [0, 0.1) is 0 Å². The first-order valence-corrected chi connectivity index (χ1v) is 12.4. The molecule has 3 aromatic carbocycles. The zero-order valence-corrected chi connectivity index (χ0v) is 19.5. The number of halogens is 3. The highest BCUT2D eigenvalue weighted by atomic mass is 32.2. The van der Waals surface area contributed by atoms with E-state index in [1.165, 1.54) is 24.3 Å². The Morgan fingerprint density at radius 1 is 0.944 bits per heavy atom. The number of rotatable bonds is 7. The molecule has 1 fully saturated rings. The molecule has 1 heterocycles. The Labute approximate surface area is 204 Å². The zero-order chi connectivity index (χ0) is 25.6. The largest absolute Gasteiger partial charge is 0.420 e. The Hall–Kier alpha value is -3.70. The van der Waals surface area contributed by atoms with Gasteiger partial charge in [0.05, 0.1) is 27.1 Å². The van der Waals surface area contributed by atoms with Crippen molar-refractivity contribution in [2.24, 2.45) is 0 Å². The summed E-state index contributed by atoms with van der Waals surface area (Å²) in [4.78, 5) is -0.173. The number of hydrogen-bond acceptors (Lipinski definition) is 6. The van der Waals surface area contributed by atoms with Gasteiger partial charge in [-0.05, 0) is 73.4 Å². The lowest BCUT2D eigenvalue weighted by molar-refractivity contribution is -0.137. The molecule has 1 aliphatic carbocycles. The second kappa shape index (κ2) is 8.75. The van der Waals surface area contributed by atoms with Crippen molar-refractivity contribution < 1.29 is 30.6 Å². The smallest absolute Gasteiger partial charge is 0.416 e. The quantitative estimate of drug-likeness (QED) is 0.290. The monoisotopic (exact) mass is 515 g/mol. The third-order valence-corrected chi connectivity index (χ3v) is 7.01. The van der Waals surface area contributed by atoms with Gasteiger partial charge in [-0.3, -0.25) is 4.55 Å². The highest BCUT2D eigenvalue weighted by molar-refractivity contribution is 7.85. The van der Waals surface area contributed by atoms with E-state index in [4.69, 9.17) is 8.97 Å². The van der Waals surface area contributed by atoms with Gasteiger partial charge in [0, 0.05) is 5.69 Å². The number of para-hydroxylation sites is 1. The summed E-state index contributed by atoms with van der Waals surface area (Å²) in [6, 6.07) is 17.8. The molecule has 0 bridgehead atoms. The molecule has 2 N–H and O–H groups in total. The first-order valence-electron chi connectivity index (χ1n) is 11.0. The van der Waals surface area contributed by atoms with E-state index in [2.05, 4.69) is 15.5 Å². The molecule has 0 spiro atoms. The Morgan fingerprint density at radius 2 is 1.61 bits per heavy atom. The van der Waals surface area contributed by atoms with Crippen LogP contribution in [0.15, 0.2) is 82.1 Å². The fourth-order valence-corrected chi connectivity index (χ4v) is 4.49. The standard InChI is InChI=1S/C25H20F3N3O4S/c26-25(27,28)17-7-9-18(10-8-17)29-21-4-2-1-3-20(21)22-30-31-23(35-22)24(13-14-24)15-16-5-11-19(12-6-16)36(32,33)34/h1-12,29H,13-15H2,(H,32,33,34). The van der Waals surface area contributed by atoms with Gasteiger partial charge in [-0.25, -0.2) is 0 Å². The molecule has 36 heavy (non-hydrogen) atoms. The van der Waals surface area contributed by atoms with Gasteiger partial charge in [0.2, 0.25) is 11.8 Å². The summed E-state index contributed by atoms with van der Waals surface area (Å²) in [5.74, 6) is 0.730. The molecule has 0 unspecified atom stereocenters. The minimum Gasteiger partial charge on any atom is -0.420 e. The lowest BCUT2D eigenvalue weighted by Gasteiger charge is -2.12. The van der Waals surface area contributed by atoms with Crippen molar-refractivity contribution in [3.8, 4) is 11.5 Å². The summed E-state index contributed by atoms with van der Waals surface area (Å²) in [6.07, 6.45) is -2.21. The Balaban J connectivity index is 1.36. The summed E-state index contributed by atoms with van der Waals surface area (Å²) in [5.41, 5.74) is 1.44. The van der Waals surface area contributed by atoms with Crippen molar-refractivity contribution in [3.05, 3.63) is 89.8 Å². The SMILES string of the molecule is O=S(=O)(O)c1ccc(CC2(c3nnc(-c4ccccc4Nc4ccc(C(F)(F)F)cc4)o3)CC2)cc1. The first kappa shape index (κ1) is 24.0. The number of aromatic nitrogens is 2. The van der Waals surface area contributed by atoms with Crippen molar-refractivity contribution in [1.82, 2.24) is 10.2 Å². The fourth-order valence-electron chi connectivity index (χ4n) is 4.01. The minimum atomic E-state index is -4.41. The molecule has 0 saturated heterocycles. The van der Waals surface area contributed by atoms with Gasteiger partial charge in [-0.2, -0.15) is 21.6 Å². The average Bonchev–Trinajstić information content (AvgIpc) is 3.43. The molecule has 7 nitrogen and oxygen atoms in total. The van der Waals surface area contributed by atoms with Crippen LogP contribution in [0.5, 0.6) is 0 Å². The number of hydrogen-bond donors (Lipinski definition) is 2. The van der Waals surface area contributed by atoms with E-state index < -0.39 is 21.9 Å². The van der Waals surface area contributed by atoms with Crippen molar-refractivity contribution in [3.63, 3.8) is 0 Å². The maximum Gasteiger partial charge on any atom is 0.416 e. The van der Waals surface area contributed by atoms with Crippen LogP contribution in [0.1, 0.15) is 29.9 Å². The highest BCUT2D eigenvalue weighted by Crippen LogP contribution is 2.50. The third-order valence-electron chi connectivity index (χ3n) is 6.14. The van der Waals surface area contributed by atoms with Crippen LogP contribution >= 0.6 is 0 Å². The van der Waals surface area contributed by atoms with Crippen LogP contribution in [-0.4, -0.2) is 23.2 Å². The Morgan fingerprint density at radius 3 is 2.22 bits per heavy atom. The maximum atomic E-state index is 12.9. The number of anilines is 2. The van der Waals surface area contributed by atoms with E-state index in [1.807, 2.05) is 0 Å². The molecule has 186 valence electrons. The lowest BCUT2D eigenvalue weighted by atomic mass is 9.96. The van der Waals surface area contributed by atoms with E-state index >= 15 is 0 Å².